The highest BCUT2D eigenvalue weighted by atomic mass is 35.5. The number of halogens is 6. The van der Waals surface area contributed by atoms with Crippen molar-refractivity contribution < 1.29 is 41.8 Å². The number of nitrogens with two attached hydrogens (primary N) is 1. The van der Waals surface area contributed by atoms with Crippen LogP contribution in [0.3, 0.4) is 0 Å². The summed E-state index contributed by atoms with van der Waals surface area (Å²) in [5.74, 6) is -8.28. The Balaban J connectivity index is 3.21. The Labute approximate surface area is 209 Å². The molecule has 0 aromatic heterocycles. The van der Waals surface area contributed by atoms with E-state index in [-0.39, 0.29) is 13.0 Å². The quantitative estimate of drug-likeness (QED) is 0.245. The van der Waals surface area contributed by atoms with Crippen molar-refractivity contribution in [2.24, 2.45) is 22.5 Å². The minimum Gasteiger partial charge on any atom is -0.481 e. The third kappa shape index (κ3) is 4.62. The molecule has 6 atom stereocenters. The van der Waals surface area contributed by atoms with Crippen LogP contribution in [0.25, 0.3) is 0 Å². The molecule has 0 bridgehead atoms. The van der Waals surface area contributed by atoms with Crippen LogP contribution in [0, 0.1) is 22.6 Å². The Morgan fingerprint density at radius 3 is 2.23 bits per heavy atom. The average Bonchev–Trinajstić information content (AvgIpc) is 2.73. The van der Waals surface area contributed by atoms with Crippen LogP contribution in [0.5, 0.6) is 0 Å². The smallest absolute Gasteiger partial charge is 0.418 e. The first kappa shape index (κ1) is 29.6. The van der Waals surface area contributed by atoms with Crippen molar-refractivity contribution in [3.05, 3.63) is 34.1 Å². The normalized spacial score (nSPS) is 30.3. The molecule has 0 aliphatic carbocycles. The van der Waals surface area contributed by atoms with Gasteiger partial charge in [0.05, 0.1) is 27.5 Å². The molecule has 35 heavy (non-hydrogen) atoms. The molecular formula is C22H28ClF5N2O4S. The van der Waals surface area contributed by atoms with Gasteiger partial charge in [0.2, 0.25) is 0 Å². The predicted molar refractivity (Wildman–Crippen MR) is 123 cm³/mol. The number of nitrogens with one attached hydrogen (secondary N) is 1. The summed E-state index contributed by atoms with van der Waals surface area (Å²) >= 11 is 10.3. The summed E-state index contributed by atoms with van der Waals surface area (Å²) in [5, 5.41) is 21.6. The van der Waals surface area contributed by atoms with Crippen LogP contribution in [0.2, 0.25) is 5.02 Å². The predicted octanol–water partition coefficient (Wildman–Crippen LogP) is 4.36. The highest BCUT2D eigenvalue weighted by molar-refractivity contribution is 7.81. The molecule has 6 nitrogen and oxygen atoms in total. The van der Waals surface area contributed by atoms with E-state index in [2.05, 4.69) is 17.9 Å². The number of hydrogen-bond acceptors (Lipinski definition) is 5. The van der Waals surface area contributed by atoms with E-state index in [0.717, 1.165) is 6.92 Å². The van der Waals surface area contributed by atoms with Crippen LogP contribution in [0.4, 0.5) is 22.0 Å². The molecular weight excluding hydrogens is 519 g/mol. The van der Waals surface area contributed by atoms with Crippen molar-refractivity contribution in [3.63, 3.8) is 0 Å². The Kier molecular flexibility index (Phi) is 8.79. The minimum atomic E-state index is -5.28. The Bertz CT molecular complexity index is 982. The van der Waals surface area contributed by atoms with Crippen LogP contribution in [0.15, 0.2) is 12.1 Å². The van der Waals surface area contributed by atoms with E-state index >= 15 is 4.39 Å². The van der Waals surface area contributed by atoms with E-state index in [1.54, 1.807) is 0 Å². The van der Waals surface area contributed by atoms with Crippen molar-refractivity contribution in [1.29, 1.82) is 0 Å². The number of piperidine rings is 1. The zero-order chi connectivity index (χ0) is 27.1. The molecule has 13 heteroatoms. The van der Waals surface area contributed by atoms with E-state index in [4.69, 9.17) is 17.3 Å². The lowest BCUT2D eigenvalue weighted by molar-refractivity contribution is -0.179. The number of thiol groups is 1. The highest BCUT2D eigenvalue weighted by Crippen LogP contribution is 2.62. The van der Waals surface area contributed by atoms with Crippen LogP contribution < -0.4 is 11.1 Å². The van der Waals surface area contributed by atoms with E-state index in [0.29, 0.717) is 12.1 Å². The van der Waals surface area contributed by atoms with Gasteiger partial charge in [-0.1, -0.05) is 25.4 Å². The SMILES string of the molecule is CC(C)C1(C(=O)O)C(C(S)CCN)NC(CF)C(C)(C(=O)O)C1c1c(F)ccc(Cl)c1C(F)(F)F. The molecule has 2 rings (SSSR count). The Morgan fingerprint density at radius 2 is 1.83 bits per heavy atom. The lowest BCUT2D eigenvalue weighted by Gasteiger charge is -2.60. The zero-order valence-corrected chi connectivity index (χ0v) is 20.8. The molecule has 5 N–H and O–H groups in total. The number of benzene rings is 1. The van der Waals surface area contributed by atoms with Gasteiger partial charge in [0.1, 0.15) is 12.5 Å². The number of rotatable bonds is 8. The van der Waals surface area contributed by atoms with Gasteiger partial charge in [-0.05, 0) is 37.9 Å². The Hall–Kier alpha value is -1.63. The van der Waals surface area contributed by atoms with Crippen molar-refractivity contribution in [2.75, 3.05) is 13.2 Å². The second-order valence-corrected chi connectivity index (χ2v) is 10.3. The summed E-state index contributed by atoms with van der Waals surface area (Å²) in [4.78, 5) is 25.7. The van der Waals surface area contributed by atoms with Crippen LogP contribution in [0.1, 0.15) is 44.2 Å². The van der Waals surface area contributed by atoms with Crippen molar-refractivity contribution in [1.82, 2.24) is 5.32 Å². The summed E-state index contributed by atoms with van der Waals surface area (Å²) in [6, 6.07) is -1.81. The third-order valence-electron chi connectivity index (χ3n) is 7.20. The largest absolute Gasteiger partial charge is 0.481 e. The van der Waals surface area contributed by atoms with Gasteiger partial charge < -0.3 is 21.3 Å². The molecule has 0 radical (unpaired) electrons. The number of hydrogen-bond donors (Lipinski definition) is 5. The Morgan fingerprint density at radius 1 is 1.26 bits per heavy atom. The maximum atomic E-state index is 15.4. The topological polar surface area (TPSA) is 113 Å². The molecule has 6 unspecified atom stereocenters. The molecule has 0 amide bonds. The molecule has 1 fully saturated rings. The fourth-order valence-corrected chi connectivity index (χ4v) is 6.27. The molecule has 1 aliphatic heterocycles. The second kappa shape index (κ2) is 10.4. The second-order valence-electron chi connectivity index (χ2n) is 9.23. The molecule has 1 aromatic rings. The van der Waals surface area contributed by atoms with Gasteiger partial charge in [-0.2, -0.15) is 25.8 Å². The van der Waals surface area contributed by atoms with Crippen molar-refractivity contribution in [3.8, 4) is 0 Å². The number of carbonyl (C=O) groups is 2. The van der Waals surface area contributed by atoms with E-state index in [1.807, 2.05) is 0 Å². The molecule has 1 aliphatic rings. The lowest BCUT2D eigenvalue weighted by Crippen LogP contribution is -2.74. The first-order chi connectivity index (χ1) is 16.0. The number of alkyl halides is 4. The minimum absolute atomic E-state index is 0.000620. The fourth-order valence-electron chi connectivity index (χ4n) is 5.52. The number of aliphatic carboxylic acids is 2. The van der Waals surface area contributed by atoms with E-state index < -0.39 is 86.8 Å². The first-order valence-corrected chi connectivity index (χ1v) is 11.7. The monoisotopic (exact) mass is 546 g/mol. The number of carboxylic acid groups (broad SMARTS) is 2. The van der Waals surface area contributed by atoms with Gasteiger partial charge in [0.15, 0.2) is 0 Å². The molecule has 0 spiro atoms. The lowest BCUT2D eigenvalue weighted by atomic mass is 9.48. The maximum absolute atomic E-state index is 15.4. The van der Waals surface area contributed by atoms with Crippen molar-refractivity contribution >= 4 is 36.2 Å². The maximum Gasteiger partial charge on any atom is 0.418 e. The van der Waals surface area contributed by atoms with Crippen molar-refractivity contribution in [2.45, 2.75) is 56.6 Å². The van der Waals surface area contributed by atoms with Crippen LogP contribution in [-0.2, 0) is 15.8 Å². The van der Waals surface area contributed by atoms with Gasteiger partial charge in [-0.3, -0.25) is 9.59 Å². The summed E-state index contributed by atoms with van der Waals surface area (Å²) < 4.78 is 72.5. The summed E-state index contributed by atoms with van der Waals surface area (Å²) in [6.45, 7) is 2.26. The first-order valence-electron chi connectivity index (χ1n) is 10.8. The summed E-state index contributed by atoms with van der Waals surface area (Å²) in [6.07, 6.45) is -5.22. The van der Waals surface area contributed by atoms with E-state index in [1.165, 1.54) is 13.8 Å². The van der Waals surface area contributed by atoms with Gasteiger partial charge in [-0.25, -0.2) is 8.78 Å². The zero-order valence-electron chi connectivity index (χ0n) is 19.2. The van der Waals surface area contributed by atoms with E-state index in [9.17, 15) is 37.4 Å². The molecule has 0 saturated carbocycles. The molecule has 1 aromatic carbocycles. The van der Waals surface area contributed by atoms with Crippen LogP contribution in [-0.4, -0.2) is 52.7 Å². The fraction of sp³-hybridized carbons (Fsp3) is 0.636. The number of carboxylic acids is 2. The van der Waals surface area contributed by atoms with Gasteiger partial charge >= 0.3 is 18.1 Å². The summed E-state index contributed by atoms with van der Waals surface area (Å²) in [7, 11) is 0. The highest BCUT2D eigenvalue weighted by Gasteiger charge is 2.70. The third-order valence-corrected chi connectivity index (χ3v) is 8.07. The van der Waals surface area contributed by atoms with Crippen LogP contribution >= 0.6 is 24.2 Å². The standard InChI is InChI=1S/C22H28ClF5N2O4S/c1-9(2)21(19(33)34)16(14-11(25)5-4-10(23)15(14)22(26,27)28)20(3,18(31)32)13(8-24)30-17(21)12(35)6-7-29/h4-5,9,12-13,16-17,30,35H,6-8,29H2,1-3H3,(H,31,32)(H,33,34). The van der Waals surface area contributed by atoms with Gasteiger partial charge in [-0.15, -0.1) is 0 Å². The van der Waals surface area contributed by atoms with Gasteiger partial charge in [0, 0.05) is 22.8 Å². The molecule has 1 saturated heterocycles. The molecule has 1 heterocycles. The molecule has 198 valence electrons. The average molecular weight is 547 g/mol. The summed E-state index contributed by atoms with van der Waals surface area (Å²) in [5.41, 5.74) is -2.28. The van der Waals surface area contributed by atoms with Gasteiger partial charge in [0.25, 0.3) is 0 Å².